The highest BCUT2D eigenvalue weighted by Gasteiger charge is 2.29. The summed E-state index contributed by atoms with van der Waals surface area (Å²) in [6.07, 6.45) is 3.90. The second-order valence-corrected chi connectivity index (χ2v) is 4.98. The molecule has 2 heterocycles. The van der Waals surface area contributed by atoms with E-state index in [1.807, 2.05) is 11.3 Å². The molecule has 3 rings (SSSR count). The highest BCUT2D eigenvalue weighted by atomic mass is 32.1. The van der Waals surface area contributed by atoms with Gasteiger partial charge in [-0.3, -0.25) is 0 Å². The molecule has 0 amide bonds. The summed E-state index contributed by atoms with van der Waals surface area (Å²) in [7, 11) is 0. The summed E-state index contributed by atoms with van der Waals surface area (Å²) in [5.41, 5.74) is 0. The monoisotopic (exact) mass is 195 g/mol. The lowest BCUT2D eigenvalue weighted by atomic mass is 10.1. The van der Waals surface area contributed by atoms with Crippen molar-refractivity contribution in [1.29, 1.82) is 0 Å². The van der Waals surface area contributed by atoms with Crippen molar-refractivity contribution < 1.29 is 0 Å². The highest BCUT2D eigenvalue weighted by Crippen LogP contribution is 2.42. The molecule has 1 aromatic heterocycles. The molecule has 2 fully saturated rings. The molecule has 1 unspecified atom stereocenters. The zero-order chi connectivity index (χ0) is 8.67. The van der Waals surface area contributed by atoms with Gasteiger partial charge in [-0.15, -0.1) is 21.5 Å². The van der Waals surface area contributed by atoms with Crippen molar-refractivity contribution in [2.75, 3.05) is 13.1 Å². The fourth-order valence-corrected chi connectivity index (χ4v) is 2.92. The van der Waals surface area contributed by atoms with Gasteiger partial charge in [0.15, 0.2) is 0 Å². The molecule has 2 aliphatic rings. The van der Waals surface area contributed by atoms with Crippen LogP contribution in [-0.4, -0.2) is 23.3 Å². The number of nitrogens with one attached hydrogen (secondary N) is 1. The SMILES string of the molecule is C1CC(c2nnc(C3CC3)s2)CN1. The van der Waals surface area contributed by atoms with Crippen molar-refractivity contribution in [3.8, 4) is 0 Å². The van der Waals surface area contributed by atoms with E-state index in [0.717, 1.165) is 19.0 Å². The van der Waals surface area contributed by atoms with Crippen LogP contribution in [0.2, 0.25) is 0 Å². The number of nitrogens with zero attached hydrogens (tertiary/aromatic N) is 2. The molecule has 0 bridgehead atoms. The zero-order valence-electron chi connectivity index (χ0n) is 7.49. The molecule has 1 atom stereocenters. The summed E-state index contributed by atoms with van der Waals surface area (Å²) in [5.74, 6) is 1.41. The Morgan fingerprint density at radius 3 is 2.46 bits per heavy atom. The van der Waals surface area contributed by atoms with Crippen LogP contribution in [0, 0.1) is 0 Å². The molecular formula is C9H13N3S. The number of rotatable bonds is 2. The largest absolute Gasteiger partial charge is 0.316 e. The Balaban J connectivity index is 1.79. The smallest absolute Gasteiger partial charge is 0.121 e. The molecule has 13 heavy (non-hydrogen) atoms. The lowest BCUT2D eigenvalue weighted by Crippen LogP contribution is -2.07. The average Bonchev–Trinajstić information content (AvgIpc) is 2.72. The minimum absolute atomic E-state index is 0.644. The summed E-state index contributed by atoms with van der Waals surface area (Å²) in [5, 5.41) is 14.5. The zero-order valence-corrected chi connectivity index (χ0v) is 8.31. The van der Waals surface area contributed by atoms with E-state index in [-0.39, 0.29) is 0 Å². The quantitative estimate of drug-likeness (QED) is 0.777. The molecular weight excluding hydrogens is 182 g/mol. The van der Waals surface area contributed by atoms with Crippen LogP contribution in [0.15, 0.2) is 0 Å². The Morgan fingerprint density at radius 2 is 1.85 bits per heavy atom. The predicted molar refractivity (Wildman–Crippen MR) is 52.1 cm³/mol. The van der Waals surface area contributed by atoms with E-state index in [0.29, 0.717) is 5.92 Å². The minimum atomic E-state index is 0.644. The van der Waals surface area contributed by atoms with E-state index in [1.54, 1.807) is 0 Å². The molecule has 1 aliphatic carbocycles. The first-order valence-electron chi connectivity index (χ1n) is 4.97. The normalized spacial score (nSPS) is 28.2. The standard InChI is InChI=1S/C9H13N3S/c1-2-6(1)8-11-12-9(13-8)7-3-4-10-5-7/h6-7,10H,1-5H2. The Kier molecular flexibility index (Phi) is 1.84. The fraction of sp³-hybridized carbons (Fsp3) is 0.778. The maximum atomic E-state index is 4.29. The van der Waals surface area contributed by atoms with Crippen molar-refractivity contribution in [3.63, 3.8) is 0 Å². The topological polar surface area (TPSA) is 37.8 Å². The average molecular weight is 195 g/mol. The minimum Gasteiger partial charge on any atom is -0.316 e. The van der Waals surface area contributed by atoms with E-state index in [1.165, 1.54) is 29.3 Å². The summed E-state index contributed by atoms with van der Waals surface area (Å²) in [6.45, 7) is 2.24. The highest BCUT2D eigenvalue weighted by molar-refractivity contribution is 7.11. The first-order valence-corrected chi connectivity index (χ1v) is 5.79. The second kappa shape index (κ2) is 3.03. The number of hydrogen-bond donors (Lipinski definition) is 1. The van der Waals surface area contributed by atoms with Crippen molar-refractivity contribution in [2.45, 2.75) is 31.1 Å². The maximum Gasteiger partial charge on any atom is 0.121 e. The van der Waals surface area contributed by atoms with Crippen molar-refractivity contribution in [1.82, 2.24) is 15.5 Å². The number of aromatic nitrogens is 2. The van der Waals surface area contributed by atoms with Crippen molar-refractivity contribution in [2.24, 2.45) is 0 Å². The van der Waals surface area contributed by atoms with Gasteiger partial charge in [-0.05, 0) is 25.8 Å². The van der Waals surface area contributed by atoms with E-state index < -0.39 is 0 Å². The molecule has 1 aliphatic heterocycles. The maximum absolute atomic E-state index is 4.29. The molecule has 3 nitrogen and oxygen atoms in total. The van der Waals surface area contributed by atoms with Crippen molar-refractivity contribution in [3.05, 3.63) is 10.0 Å². The Morgan fingerprint density at radius 1 is 1.08 bits per heavy atom. The molecule has 4 heteroatoms. The van der Waals surface area contributed by atoms with Crippen LogP contribution < -0.4 is 5.32 Å². The summed E-state index contributed by atoms with van der Waals surface area (Å²) in [4.78, 5) is 0. The van der Waals surface area contributed by atoms with Gasteiger partial charge in [0.05, 0.1) is 0 Å². The van der Waals surface area contributed by atoms with Gasteiger partial charge in [-0.1, -0.05) is 0 Å². The Bertz CT molecular complexity index is 300. The summed E-state index contributed by atoms with van der Waals surface area (Å²) >= 11 is 1.84. The van der Waals surface area contributed by atoms with Crippen LogP contribution in [0.4, 0.5) is 0 Å². The van der Waals surface area contributed by atoms with E-state index in [9.17, 15) is 0 Å². The third-order valence-corrected chi connectivity index (χ3v) is 4.04. The van der Waals surface area contributed by atoms with Crippen LogP contribution in [-0.2, 0) is 0 Å². The predicted octanol–water partition coefficient (Wildman–Crippen LogP) is 1.49. The second-order valence-electron chi connectivity index (χ2n) is 3.94. The summed E-state index contributed by atoms with van der Waals surface area (Å²) in [6, 6.07) is 0. The lowest BCUT2D eigenvalue weighted by molar-refractivity contribution is 0.739. The van der Waals surface area contributed by atoms with Gasteiger partial charge in [0, 0.05) is 18.4 Å². The Hall–Kier alpha value is -0.480. The van der Waals surface area contributed by atoms with Crippen LogP contribution in [0.5, 0.6) is 0 Å². The third kappa shape index (κ3) is 1.48. The van der Waals surface area contributed by atoms with E-state index >= 15 is 0 Å². The lowest BCUT2D eigenvalue weighted by Gasteiger charge is -1.99. The first kappa shape index (κ1) is 7.88. The van der Waals surface area contributed by atoms with Crippen LogP contribution in [0.3, 0.4) is 0 Å². The van der Waals surface area contributed by atoms with Crippen molar-refractivity contribution >= 4 is 11.3 Å². The summed E-state index contributed by atoms with van der Waals surface area (Å²) < 4.78 is 0. The Labute approximate surface area is 81.6 Å². The number of hydrogen-bond acceptors (Lipinski definition) is 4. The van der Waals surface area contributed by atoms with Gasteiger partial charge in [-0.2, -0.15) is 0 Å². The fourth-order valence-electron chi connectivity index (χ4n) is 1.77. The van der Waals surface area contributed by atoms with Crippen LogP contribution in [0.25, 0.3) is 0 Å². The molecule has 0 radical (unpaired) electrons. The molecule has 0 spiro atoms. The van der Waals surface area contributed by atoms with Crippen LogP contribution >= 0.6 is 11.3 Å². The molecule has 0 aromatic carbocycles. The van der Waals surface area contributed by atoms with E-state index in [2.05, 4.69) is 15.5 Å². The van der Waals surface area contributed by atoms with Gasteiger partial charge < -0.3 is 5.32 Å². The molecule has 1 saturated carbocycles. The molecule has 1 aromatic rings. The van der Waals surface area contributed by atoms with Gasteiger partial charge >= 0.3 is 0 Å². The van der Waals surface area contributed by atoms with Gasteiger partial charge in [0.1, 0.15) is 10.0 Å². The van der Waals surface area contributed by atoms with Gasteiger partial charge in [0.2, 0.25) is 0 Å². The van der Waals surface area contributed by atoms with Gasteiger partial charge in [0.25, 0.3) is 0 Å². The first-order chi connectivity index (χ1) is 6.43. The van der Waals surface area contributed by atoms with E-state index in [4.69, 9.17) is 0 Å². The third-order valence-electron chi connectivity index (χ3n) is 2.79. The molecule has 1 saturated heterocycles. The van der Waals surface area contributed by atoms with Gasteiger partial charge in [-0.25, -0.2) is 0 Å². The molecule has 70 valence electrons. The van der Waals surface area contributed by atoms with Crippen LogP contribution in [0.1, 0.15) is 41.1 Å². The molecule has 1 N–H and O–H groups in total.